The van der Waals surface area contributed by atoms with Gasteiger partial charge in [0.25, 0.3) is 5.91 Å². The first kappa shape index (κ1) is 25.5. The summed E-state index contributed by atoms with van der Waals surface area (Å²) >= 11 is 1.37. The number of benzene rings is 3. The molecule has 0 aliphatic heterocycles. The fourth-order valence-electron chi connectivity index (χ4n) is 4.53. The van der Waals surface area contributed by atoms with E-state index < -0.39 is 17.6 Å². The molecule has 1 aliphatic rings. The maximum Gasteiger partial charge on any atom is 0.305 e. The quantitative estimate of drug-likeness (QED) is 0.271. The molecule has 0 saturated heterocycles. The number of hydrogen-bond donors (Lipinski definition) is 2. The van der Waals surface area contributed by atoms with Crippen LogP contribution in [0.1, 0.15) is 39.9 Å². The summed E-state index contributed by atoms with van der Waals surface area (Å²) in [5.41, 5.74) is 5.65. The molecule has 0 fully saturated rings. The first-order valence-electron chi connectivity index (χ1n) is 12.3. The lowest BCUT2D eigenvalue weighted by Gasteiger charge is -2.23. The number of rotatable bonds is 9. The zero-order chi connectivity index (χ0) is 26.6. The summed E-state index contributed by atoms with van der Waals surface area (Å²) in [7, 11) is 0. The topological polar surface area (TPSA) is 82.5 Å². The molecule has 0 spiro atoms. The molecular formula is C29H25F2N3O3S. The average molecular weight is 534 g/mol. The van der Waals surface area contributed by atoms with Crippen LogP contribution >= 0.6 is 11.3 Å². The molecule has 5 rings (SSSR count). The minimum Gasteiger partial charge on any atom is -0.481 e. The lowest BCUT2D eigenvalue weighted by molar-refractivity contribution is -0.136. The van der Waals surface area contributed by atoms with Gasteiger partial charge in [-0.2, -0.15) is 0 Å². The minimum absolute atomic E-state index is 0.0586. The summed E-state index contributed by atoms with van der Waals surface area (Å²) in [6.45, 7) is 0.515. The number of thiazole rings is 1. The molecule has 6 nitrogen and oxygen atoms in total. The molecule has 0 radical (unpaired) electrons. The van der Waals surface area contributed by atoms with Crippen LogP contribution in [-0.2, 0) is 24.2 Å². The van der Waals surface area contributed by atoms with Gasteiger partial charge in [-0.15, -0.1) is 11.3 Å². The van der Waals surface area contributed by atoms with Gasteiger partial charge in [0.05, 0.1) is 18.7 Å². The van der Waals surface area contributed by atoms with Gasteiger partial charge in [0.15, 0.2) is 5.13 Å². The molecule has 9 heteroatoms. The van der Waals surface area contributed by atoms with Crippen molar-refractivity contribution in [3.05, 3.63) is 99.9 Å². The highest BCUT2D eigenvalue weighted by atomic mass is 32.1. The van der Waals surface area contributed by atoms with E-state index in [9.17, 15) is 18.4 Å². The van der Waals surface area contributed by atoms with Crippen molar-refractivity contribution in [2.75, 3.05) is 11.4 Å². The Bertz CT molecular complexity index is 1490. The normalized spacial score (nSPS) is 12.3. The molecule has 0 unspecified atom stereocenters. The van der Waals surface area contributed by atoms with Gasteiger partial charge in [0.2, 0.25) is 0 Å². The molecule has 0 atom stereocenters. The Hall–Kier alpha value is -4.11. The Labute approximate surface area is 222 Å². The van der Waals surface area contributed by atoms with Gasteiger partial charge in [-0.25, -0.2) is 13.8 Å². The number of aromatic nitrogens is 1. The molecule has 1 aliphatic carbocycles. The number of nitrogens with one attached hydrogen (secondary N) is 1. The predicted octanol–water partition coefficient (Wildman–Crippen LogP) is 6.12. The van der Waals surface area contributed by atoms with Crippen LogP contribution in [0.25, 0.3) is 11.3 Å². The summed E-state index contributed by atoms with van der Waals surface area (Å²) in [5, 5.41) is 13.8. The maximum absolute atomic E-state index is 14.4. The van der Waals surface area contributed by atoms with Crippen molar-refractivity contribution < 1.29 is 23.5 Å². The Morgan fingerprint density at radius 2 is 1.79 bits per heavy atom. The van der Waals surface area contributed by atoms with Crippen LogP contribution in [0.15, 0.2) is 66.0 Å². The van der Waals surface area contributed by atoms with E-state index in [4.69, 9.17) is 10.1 Å². The highest BCUT2D eigenvalue weighted by molar-refractivity contribution is 7.14. The van der Waals surface area contributed by atoms with Crippen molar-refractivity contribution in [3.63, 3.8) is 0 Å². The number of carbonyl (C=O) groups excluding carboxylic acids is 1. The summed E-state index contributed by atoms with van der Waals surface area (Å²) in [5.74, 6) is -2.61. The number of nitrogens with zero attached hydrogens (tertiary/aromatic N) is 2. The van der Waals surface area contributed by atoms with E-state index in [-0.39, 0.29) is 24.4 Å². The number of carboxylic acid groups (broad SMARTS) is 1. The fraction of sp³-hybridized carbons (Fsp3) is 0.207. The number of fused-ring (bicyclic) bond motifs is 1. The minimum atomic E-state index is -0.972. The van der Waals surface area contributed by atoms with E-state index in [2.05, 4.69) is 28.4 Å². The molecule has 194 valence electrons. The van der Waals surface area contributed by atoms with E-state index in [1.165, 1.54) is 34.6 Å². The van der Waals surface area contributed by atoms with Gasteiger partial charge in [0.1, 0.15) is 11.6 Å². The highest BCUT2D eigenvalue weighted by Gasteiger charge is 2.20. The van der Waals surface area contributed by atoms with Gasteiger partial charge < -0.3 is 15.3 Å². The van der Waals surface area contributed by atoms with E-state index >= 15 is 0 Å². The van der Waals surface area contributed by atoms with Gasteiger partial charge in [-0.05, 0) is 72.4 Å². The number of aliphatic carboxylic acids is 1. The summed E-state index contributed by atoms with van der Waals surface area (Å²) in [6.07, 6.45) is 3.07. The Morgan fingerprint density at radius 1 is 1.00 bits per heavy atom. The highest BCUT2D eigenvalue weighted by Crippen LogP contribution is 2.36. The number of anilines is 2. The van der Waals surface area contributed by atoms with Gasteiger partial charge in [-0.3, -0.25) is 9.59 Å². The van der Waals surface area contributed by atoms with Gasteiger partial charge in [-0.1, -0.05) is 18.2 Å². The number of hydrogen-bond acceptors (Lipinski definition) is 5. The van der Waals surface area contributed by atoms with Crippen molar-refractivity contribution in [1.29, 1.82) is 0 Å². The van der Waals surface area contributed by atoms with E-state index in [0.717, 1.165) is 36.6 Å². The van der Waals surface area contributed by atoms with Crippen molar-refractivity contribution >= 4 is 34.0 Å². The Morgan fingerprint density at radius 3 is 2.55 bits per heavy atom. The Balaban J connectivity index is 1.41. The second-order valence-electron chi connectivity index (χ2n) is 9.13. The number of carbonyl (C=O) groups is 2. The molecule has 2 N–H and O–H groups in total. The summed E-state index contributed by atoms with van der Waals surface area (Å²) in [4.78, 5) is 29.8. The lowest BCUT2D eigenvalue weighted by atomic mass is 10.1. The first-order valence-corrected chi connectivity index (χ1v) is 13.1. The Kier molecular flexibility index (Phi) is 7.46. The molecule has 4 aromatic rings. The van der Waals surface area contributed by atoms with E-state index in [0.29, 0.717) is 22.9 Å². The molecular weight excluding hydrogens is 508 g/mol. The average Bonchev–Trinajstić information content (AvgIpc) is 3.57. The van der Waals surface area contributed by atoms with Crippen LogP contribution in [0.4, 0.5) is 19.6 Å². The molecule has 1 heterocycles. The van der Waals surface area contributed by atoms with Crippen LogP contribution in [0.5, 0.6) is 0 Å². The summed E-state index contributed by atoms with van der Waals surface area (Å²) in [6, 6.07) is 16.9. The third-order valence-electron chi connectivity index (χ3n) is 6.51. The van der Waals surface area contributed by atoms with Crippen LogP contribution in [0.3, 0.4) is 0 Å². The van der Waals surface area contributed by atoms with Crippen molar-refractivity contribution in [2.24, 2.45) is 0 Å². The predicted molar refractivity (Wildman–Crippen MR) is 143 cm³/mol. The fourth-order valence-corrected chi connectivity index (χ4v) is 5.38. The van der Waals surface area contributed by atoms with Crippen LogP contribution in [0.2, 0.25) is 0 Å². The van der Waals surface area contributed by atoms with Gasteiger partial charge >= 0.3 is 5.97 Å². The third kappa shape index (κ3) is 5.73. The van der Waals surface area contributed by atoms with Gasteiger partial charge in [0, 0.05) is 34.8 Å². The number of amides is 1. The molecule has 1 amide bonds. The second-order valence-corrected chi connectivity index (χ2v) is 9.97. The smallest absolute Gasteiger partial charge is 0.305 e. The summed E-state index contributed by atoms with van der Waals surface area (Å²) < 4.78 is 27.9. The molecule has 0 bridgehead atoms. The van der Waals surface area contributed by atoms with Crippen LogP contribution in [-0.4, -0.2) is 28.5 Å². The molecule has 38 heavy (non-hydrogen) atoms. The molecule has 3 aromatic carbocycles. The van der Waals surface area contributed by atoms with Crippen molar-refractivity contribution in [2.45, 2.75) is 32.2 Å². The molecule has 1 aromatic heterocycles. The number of carboxylic acids is 1. The standard InChI is InChI=1S/C29H25F2N3O3S/c30-22-9-11-24(25(31)15-22)26-17-38-29(33-26)34(23-10-8-19-2-1-3-21(19)14-23)16-18-4-6-20(7-5-18)28(37)32-13-12-27(35)36/h4-11,14-15,17H,1-3,12-13,16H2,(H,32,37)(H,35,36). The van der Waals surface area contributed by atoms with Crippen LogP contribution in [0, 0.1) is 11.6 Å². The third-order valence-corrected chi connectivity index (χ3v) is 7.37. The maximum atomic E-state index is 14.4. The van der Waals surface area contributed by atoms with Crippen molar-refractivity contribution in [3.8, 4) is 11.3 Å². The second kappa shape index (κ2) is 11.1. The SMILES string of the molecule is O=C(O)CCNC(=O)c1ccc(CN(c2ccc3c(c2)CCC3)c2nc(-c3ccc(F)cc3F)cs2)cc1. The van der Waals surface area contributed by atoms with E-state index in [1.807, 2.05) is 12.1 Å². The monoisotopic (exact) mass is 533 g/mol. The zero-order valence-corrected chi connectivity index (χ0v) is 21.2. The lowest BCUT2D eigenvalue weighted by Crippen LogP contribution is -2.26. The molecule has 0 saturated carbocycles. The largest absolute Gasteiger partial charge is 0.481 e. The van der Waals surface area contributed by atoms with E-state index in [1.54, 1.807) is 17.5 Å². The number of halogens is 2. The van der Waals surface area contributed by atoms with Crippen molar-refractivity contribution in [1.82, 2.24) is 10.3 Å². The zero-order valence-electron chi connectivity index (χ0n) is 20.4. The first-order chi connectivity index (χ1) is 18.4. The van der Waals surface area contributed by atoms with Crippen LogP contribution < -0.4 is 10.2 Å². The number of aryl methyl sites for hydroxylation is 2.